The number of para-hydroxylation sites is 1. The Bertz CT molecular complexity index is 683. The second-order valence-electron chi connectivity index (χ2n) is 4.68. The van der Waals surface area contributed by atoms with Crippen LogP contribution in [0.5, 0.6) is 0 Å². The zero-order valence-electron chi connectivity index (χ0n) is 11.1. The zero-order valence-corrected chi connectivity index (χ0v) is 11.9. The Kier molecular flexibility index (Phi) is 3.22. The van der Waals surface area contributed by atoms with Gasteiger partial charge in [0.15, 0.2) is 0 Å². The molecule has 0 fully saturated rings. The summed E-state index contributed by atoms with van der Waals surface area (Å²) in [7, 11) is 0. The molecule has 0 saturated heterocycles. The molecular formula is C16H16N2S. The van der Waals surface area contributed by atoms with E-state index >= 15 is 0 Å². The van der Waals surface area contributed by atoms with Crippen LogP contribution in [0.25, 0.3) is 10.2 Å². The zero-order chi connectivity index (χ0) is 13.2. The number of aryl methyl sites for hydroxylation is 1. The van der Waals surface area contributed by atoms with Crippen molar-refractivity contribution >= 4 is 27.2 Å². The molecule has 2 nitrogen and oxygen atoms in total. The van der Waals surface area contributed by atoms with Gasteiger partial charge < -0.3 is 5.32 Å². The van der Waals surface area contributed by atoms with E-state index in [1.165, 1.54) is 21.5 Å². The summed E-state index contributed by atoms with van der Waals surface area (Å²) in [5, 5.41) is 4.61. The molecule has 1 N–H and O–H groups in total. The normalized spacial score (nSPS) is 10.8. The quantitative estimate of drug-likeness (QED) is 0.755. The first kappa shape index (κ1) is 12.2. The summed E-state index contributed by atoms with van der Waals surface area (Å²) >= 11 is 1.75. The summed E-state index contributed by atoms with van der Waals surface area (Å²) in [5.74, 6) is 0. The number of nitrogens with zero attached hydrogens (tertiary/aromatic N) is 1. The molecule has 0 aliphatic carbocycles. The molecule has 0 amide bonds. The van der Waals surface area contributed by atoms with Gasteiger partial charge in [0.1, 0.15) is 5.01 Å². The van der Waals surface area contributed by atoms with Gasteiger partial charge in [0, 0.05) is 5.69 Å². The fourth-order valence-corrected chi connectivity index (χ4v) is 3.02. The summed E-state index contributed by atoms with van der Waals surface area (Å²) in [5.41, 5.74) is 4.91. The molecule has 0 radical (unpaired) electrons. The third kappa shape index (κ3) is 2.47. The number of rotatable bonds is 3. The Morgan fingerprint density at radius 1 is 1.05 bits per heavy atom. The van der Waals surface area contributed by atoms with Crippen molar-refractivity contribution < 1.29 is 0 Å². The van der Waals surface area contributed by atoms with Crippen molar-refractivity contribution in [1.29, 1.82) is 0 Å². The third-order valence-electron chi connectivity index (χ3n) is 3.37. The average Bonchev–Trinajstić information content (AvgIpc) is 2.83. The van der Waals surface area contributed by atoms with E-state index in [-0.39, 0.29) is 0 Å². The smallest absolute Gasteiger partial charge is 0.113 e. The Morgan fingerprint density at radius 3 is 2.74 bits per heavy atom. The van der Waals surface area contributed by atoms with Crippen LogP contribution in [-0.2, 0) is 6.54 Å². The van der Waals surface area contributed by atoms with Crippen LogP contribution in [0.15, 0.2) is 42.5 Å². The predicted octanol–water partition coefficient (Wildman–Crippen LogP) is 4.53. The molecule has 0 spiro atoms. The molecule has 96 valence electrons. The van der Waals surface area contributed by atoms with E-state index in [0.29, 0.717) is 0 Å². The van der Waals surface area contributed by atoms with Crippen LogP contribution in [0, 0.1) is 13.8 Å². The minimum atomic E-state index is 0.781. The monoisotopic (exact) mass is 268 g/mol. The molecule has 0 unspecified atom stereocenters. The lowest BCUT2D eigenvalue weighted by Gasteiger charge is -2.09. The maximum Gasteiger partial charge on any atom is 0.113 e. The molecule has 0 bridgehead atoms. The highest BCUT2D eigenvalue weighted by Gasteiger charge is 2.04. The van der Waals surface area contributed by atoms with Gasteiger partial charge in [-0.1, -0.05) is 24.3 Å². The standard InChI is InChI=1S/C16H16N2S/c1-11-6-5-8-13(12(11)2)17-10-16-18-14-7-3-4-9-15(14)19-16/h3-9,17H,10H2,1-2H3. The second-order valence-corrected chi connectivity index (χ2v) is 5.79. The molecule has 0 atom stereocenters. The molecule has 1 heterocycles. The number of aromatic nitrogens is 1. The number of benzene rings is 2. The second kappa shape index (κ2) is 5.02. The summed E-state index contributed by atoms with van der Waals surface area (Å²) in [6.45, 7) is 5.07. The van der Waals surface area contributed by atoms with Gasteiger partial charge in [-0.15, -0.1) is 11.3 Å². The lowest BCUT2D eigenvalue weighted by Crippen LogP contribution is -2.01. The summed E-state index contributed by atoms with van der Waals surface area (Å²) in [6, 6.07) is 14.6. The van der Waals surface area contributed by atoms with E-state index < -0.39 is 0 Å². The molecule has 1 aromatic heterocycles. The number of nitrogens with one attached hydrogen (secondary N) is 1. The first-order chi connectivity index (χ1) is 9.24. The minimum absolute atomic E-state index is 0.781. The molecule has 0 aliphatic rings. The topological polar surface area (TPSA) is 24.9 Å². The molecule has 3 heteroatoms. The van der Waals surface area contributed by atoms with Crippen molar-refractivity contribution in [2.24, 2.45) is 0 Å². The predicted molar refractivity (Wildman–Crippen MR) is 82.9 cm³/mol. The fourth-order valence-electron chi connectivity index (χ4n) is 2.11. The van der Waals surface area contributed by atoms with Crippen LogP contribution in [0.2, 0.25) is 0 Å². The molecule has 19 heavy (non-hydrogen) atoms. The van der Waals surface area contributed by atoms with Crippen LogP contribution in [0.3, 0.4) is 0 Å². The van der Waals surface area contributed by atoms with E-state index in [2.05, 4.69) is 60.5 Å². The van der Waals surface area contributed by atoms with Gasteiger partial charge in [0.05, 0.1) is 16.8 Å². The Labute approximate surface area is 117 Å². The van der Waals surface area contributed by atoms with E-state index in [1.807, 2.05) is 6.07 Å². The number of hydrogen-bond donors (Lipinski definition) is 1. The molecule has 3 aromatic rings. The highest BCUT2D eigenvalue weighted by Crippen LogP contribution is 2.23. The van der Waals surface area contributed by atoms with Crippen LogP contribution in [0.4, 0.5) is 5.69 Å². The number of thiazole rings is 1. The van der Waals surface area contributed by atoms with Crippen LogP contribution < -0.4 is 5.32 Å². The van der Waals surface area contributed by atoms with Crippen molar-refractivity contribution in [2.45, 2.75) is 20.4 Å². The van der Waals surface area contributed by atoms with E-state index in [4.69, 9.17) is 0 Å². The Hall–Kier alpha value is -1.87. The number of fused-ring (bicyclic) bond motifs is 1. The van der Waals surface area contributed by atoms with Gasteiger partial charge >= 0.3 is 0 Å². The van der Waals surface area contributed by atoms with E-state index in [0.717, 1.165) is 17.1 Å². The molecular weight excluding hydrogens is 252 g/mol. The Balaban J connectivity index is 1.80. The maximum atomic E-state index is 4.64. The van der Waals surface area contributed by atoms with Gasteiger partial charge in [-0.05, 0) is 43.2 Å². The minimum Gasteiger partial charge on any atom is -0.378 e. The Morgan fingerprint density at radius 2 is 1.89 bits per heavy atom. The number of anilines is 1. The lowest BCUT2D eigenvalue weighted by molar-refractivity contribution is 1.11. The largest absolute Gasteiger partial charge is 0.378 e. The van der Waals surface area contributed by atoms with Crippen LogP contribution in [0.1, 0.15) is 16.1 Å². The van der Waals surface area contributed by atoms with Gasteiger partial charge in [0.2, 0.25) is 0 Å². The van der Waals surface area contributed by atoms with Crippen molar-refractivity contribution in [1.82, 2.24) is 4.98 Å². The number of hydrogen-bond acceptors (Lipinski definition) is 3. The molecule has 0 aliphatic heterocycles. The van der Waals surface area contributed by atoms with Gasteiger partial charge in [0.25, 0.3) is 0 Å². The van der Waals surface area contributed by atoms with Gasteiger partial charge in [-0.25, -0.2) is 4.98 Å². The molecule has 0 saturated carbocycles. The van der Waals surface area contributed by atoms with Crippen molar-refractivity contribution in [2.75, 3.05) is 5.32 Å². The van der Waals surface area contributed by atoms with Gasteiger partial charge in [-0.3, -0.25) is 0 Å². The average molecular weight is 268 g/mol. The third-order valence-corrected chi connectivity index (χ3v) is 4.41. The molecule has 3 rings (SSSR count). The van der Waals surface area contributed by atoms with Crippen molar-refractivity contribution in [3.63, 3.8) is 0 Å². The molecule has 2 aromatic carbocycles. The highest BCUT2D eigenvalue weighted by atomic mass is 32.1. The van der Waals surface area contributed by atoms with Crippen LogP contribution in [-0.4, -0.2) is 4.98 Å². The maximum absolute atomic E-state index is 4.64. The first-order valence-corrected chi connectivity index (χ1v) is 7.20. The lowest BCUT2D eigenvalue weighted by atomic mass is 10.1. The van der Waals surface area contributed by atoms with Crippen LogP contribution >= 0.6 is 11.3 Å². The SMILES string of the molecule is Cc1cccc(NCc2nc3ccccc3s2)c1C. The summed E-state index contributed by atoms with van der Waals surface area (Å²) < 4.78 is 1.25. The highest BCUT2D eigenvalue weighted by molar-refractivity contribution is 7.18. The first-order valence-electron chi connectivity index (χ1n) is 6.38. The fraction of sp³-hybridized carbons (Fsp3) is 0.188. The van der Waals surface area contributed by atoms with E-state index in [1.54, 1.807) is 11.3 Å². The summed E-state index contributed by atoms with van der Waals surface area (Å²) in [4.78, 5) is 4.64. The van der Waals surface area contributed by atoms with Crippen molar-refractivity contribution in [3.8, 4) is 0 Å². The summed E-state index contributed by atoms with van der Waals surface area (Å²) in [6.07, 6.45) is 0. The van der Waals surface area contributed by atoms with Gasteiger partial charge in [-0.2, -0.15) is 0 Å². The van der Waals surface area contributed by atoms with E-state index in [9.17, 15) is 0 Å². The van der Waals surface area contributed by atoms with Crippen molar-refractivity contribution in [3.05, 3.63) is 58.6 Å².